The second kappa shape index (κ2) is 10.4. The Kier molecular flexibility index (Phi) is 6.64. The quantitative estimate of drug-likeness (QED) is 0.179. The van der Waals surface area contributed by atoms with Crippen molar-refractivity contribution in [3.05, 3.63) is 84.4 Å². The molecule has 5 aromatic rings. The van der Waals surface area contributed by atoms with Gasteiger partial charge in [0.15, 0.2) is 23.2 Å². The van der Waals surface area contributed by atoms with Crippen LogP contribution in [0.1, 0.15) is 22.1 Å². The fourth-order valence-corrected chi connectivity index (χ4v) is 5.04. The highest BCUT2D eigenvalue weighted by Crippen LogP contribution is 2.33. The first kappa shape index (κ1) is 25.5. The predicted molar refractivity (Wildman–Crippen MR) is 145 cm³/mol. The molecule has 1 saturated heterocycles. The zero-order valence-corrected chi connectivity index (χ0v) is 21.0. The molecule has 204 valence electrons. The van der Waals surface area contributed by atoms with Gasteiger partial charge in [-0.15, -0.1) is 0 Å². The largest absolute Gasteiger partial charge is 0.508 e. The van der Waals surface area contributed by atoms with Crippen LogP contribution in [0.3, 0.4) is 0 Å². The number of hydrogen-bond acceptors (Lipinski definition) is 10. The fraction of sp³-hybridized carbons (Fsp3) is 0.214. The molecule has 12 nitrogen and oxygen atoms in total. The Morgan fingerprint density at radius 1 is 1.00 bits per heavy atom. The number of rotatable bonds is 7. The summed E-state index contributed by atoms with van der Waals surface area (Å²) < 4.78 is 7.48. The van der Waals surface area contributed by atoms with Gasteiger partial charge in [0.2, 0.25) is 0 Å². The number of aliphatic hydroxyl groups is 2. The maximum absolute atomic E-state index is 13.0. The molecule has 4 atom stereocenters. The highest BCUT2D eigenvalue weighted by atomic mass is 16.5. The van der Waals surface area contributed by atoms with Crippen molar-refractivity contribution in [1.82, 2.24) is 24.8 Å². The minimum atomic E-state index is -1.27. The molecule has 6 N–H and O–H groups in total. The minimum absolute atomic E-state index is 0.0198. The van der Waals surface area contributed by atoms with Gasteiger partial charge < -0.3 is 35.8 Å². The lowest BCUT2D eigenvalue weighted by Gasteiger charge is -2.23. The SMILES string of the molecule is O=C(N[C@@H]1[C@H](O)[C@@H](CO)O[C@H]1n1cnc2c(NCc3cccc4ccccc34)ncnc21)c1cc(O)cc(O)c1. The lowest BCUT2D eigenvalue weighted by atomic mass is 10.0. The molecule has 12 heteroatoms. The molecule has 1 fully saturated rings. The number of aliphatic hydroxyl groups excluding tert-OH is 2. The molecule has 0 radical (unpaired) electrons. The van der Waals surface area contributed by atoms with Crippen molar-refractivity contribution < 1.29 is 30.0 Å². The van der Waals surface area contributed by atoms with Crippen LogP contribution in [0.4, 0.5) is 5.82 Å². The zero-order chi connectivity index (χ0) is 27.8. The number of carbonyl (C=O) groups is 1. The Labute approximate surface area is 227 Å². The maximum atomic E-state index is 13.0. The molecule has 1 aliphatic rings. The topological polar surface area (TPSA) is 175 Å². The second-order valence-corrected chi connectivity index (χ2v) is 9.51. The number of fused-ring (bicyclic) bond motifs is 2. The van der Waals surface area contributed by atoms with E-state index in [9.17, 15) is 25.2 Å². The van der Waals surface area contributed by atoms with Crippen LogP contribution < -0.4 is 10.6 Å². The first-order valence-electron chi connectivity index (χ1n) is 12.6. The predicted octanol–water partition coefficient (Wildman–Crippen LogP) is 2.05. The summed E-state index contributed by atoms with van der Waals surface area (Å²) in [7, 11) is 0. The van der Waals surface area contributed by atoms with Gasteiger partial charge in [-0.2, -0.15) is 0 Å². The van der Waals surface area contributed by atoms with E-state index in [-0.39, 0.29) is 17.1 Å². The molecule has 0 unspecified atom stereocenters. The Morgan fingerprint density at radius 2 is 1.77 bits per heavy atom. The number of amides is 1. The second-order valence-electron chi connectivity index (χ2n) is 9.51. The van der Waals surface area contributed by atoms with Crippen LogP contribution in [0, 0.1) is 0 Å². The minimum Gasteiger partial charge on any atom is -0.508 e. The maximum Gasteiger partial charge on any atom is 0.252 e. The lowest BCUT2D eigenvalue weighted by Crippen LogP contribution is -2.46. The molecule has 0 bridgehead atoms. The van der Waals surface area contributed by atoms with Gasteiger partial charge in [0.05, 0.1) is 12.9 Å². The number of hydrogen-bond donors (Lipinski definition) is 6. The van der Waals surface area contributed by atoms with Crippen LogP contribution in [0.5, 0.6) is 11.5 Å². The summed E-state index contributed by atoms with van der Waals surface area (Å²) in [6.07, 6.45) is -0.389. The third kappa shape index (κ3) is 4.64. The Balaban J connectivity index is 1.29. The van der Waals surface area contributed by atoms with Crippen LogP contribution in [-0.2, 0) is 11.3 Å². The molecule has 0 spiro atoms. The third-order valence-corrected chi connectivity index (χ3v) is 6.97. The van der Waals surface area contributed by atoms with Crippen LogP contribution in [0.15, 0.2) is 73.3 Å². The smallest absolute Gasteiger partial charge is 0.252 e. The van der Waals surface area contributed by atoms with Crippen molar-refractivity contribution >= 4 is 33.7 Å². The van der Waals surface area contributed by atoms with Gasteiger partial charge in [0, 0.05) is 18.2 Å². The number of aromatic hydroxyl groups is 2. The highest BCUT2D eigenvalue weighted by Gasteiger charge is 2.46. The van der Waals surface area contributed by atoms with E-state index in [4.69, 9.17) is 4.74 Å². The first-order chi connectivity index (χ1) is 19.4. The highest BCUT2D eigenvalue weighted by molar-refractivity contribution is 5.95. The number of imidazole rings is 1. The van der Waals surface area contributed by atoms with E-state index >= 15 is 0 Å². The fourth-order valence-electron chi connectivity index (χ4n) is 5.04. The Hall–Kier alpha value is -4.78. The molecular weight excluding hydrogens is 516 g/mol. The number of ether oxygens (including phenoxy) is 1. The van der Waals surface area contributed by atoms with Gasteiger partial charge in [-0.1, -0.05) is 42.5 Å². The summed E-state index contributed by atoms with van der Waals surface area (Å²) in [6, 6.07) is 16.6. The van der Waals surface area contributed by atoms with Gasteiger partial charge in [0.25, 0.3) is 5.91 Å². The third-order valence-electron chi connectivity index (χ3n) is 6.97. The van der Waals surface area contributed by atoms with E-state index in [1.807, 2.05) is 24.3 Å². The number of nitrogens with zero attached hydrogens (tertiary/aromatic N) is 4. The molecule has 0 saturated carbocycles. The summed E-state index contributed by atoms with van der Waals surface area (Å²) in [6.45, 7) is -0.00257. The summed E-state index contributed by atoms with van der Waals surface area (Å²) >= 11 is 0. The summed E-state index contributed by atoms with van der Waals surface area (Å²) in [5.41, 5.74) is 1.91. The molecule has 6 rings (SSSR count). The Morgan fingerprint density at radius 3 is 2.58 bits per heavy atom. The van der Waals surface area contributed by atoms with E-state index in [0.717, 1.165) is 22.4 Å². The standard InChI is InChI=1S/C28H26N6O6/c35-12-21-24(38)22(33-27(39)17-8-18(36)10-19(37)9-17)28(40-21)34-14-32-23-25(30-13-31-26(23)34)29-11-16-6-3-5-15-4-1-2-7-20(15)16/h1-10,13-14,21-22,24,28,35-38H,11-12H2,(H,33,39)(H,29,30,31)/t21-,22-,24-,28-/m1/s1. The van der Waals surface area contributed by atoms with Gasteiger partial charge in [-0.25, -0.2) is 15.0 Å². The first-order valence-corrected chi connectivity index (χ1v) is 12.6. The zero-order valence-electron chi connectivity index (χ0n) is 21.0. The normalized spacial score (nSPS) is 20.6. The van der Waals surface area contributed by atoms with Crippen molar-refractivity contribution in [2.45, 2.75) is 31.0 Å². The molecule has 0 aliphatic carbocycles. The number of anilines is 1. The average Bonchev–Trinajstić information content (AvgIpc) is 3.52. The molecular formula is C28H26N6O6. The van der Waals surface area contributed by atoms with Gasteiger partial charge >= 0.3 is 0 Å². The van der Waals surface area contributed by atoms with Crippen molar-refractivity contribution in [3.63, 3.8) is 0 Å². The molecule has 3 aromatic carbocycles. The van der Waals surface area contributed by atoms with Gasteiger partial charge in [-0.3, -0.25) is 9.36 Å². The molecule has 40 heavy (non-hydrogen) atoms. The Bertz CT molecular complexity index is 1680. The van der Waals surface area contributed by atoms with Crippen molar-refractivity contribution in [3.8, 4) is 11.5 Å². The van der Waals surface area contributed by atoms with Crippen molar-refractivity contribution in [1.29, 1.82) is 0 Å². The summed E-state index contributed by atoms with van der Waals surface area (Å²) in [5.74, 6) is -0.762. The lowest BCUT2D eigenvalue weighted by molar-refractivity contribution is -0.0440. The van der Waals surface area contributed by atoms with Crippen LogP contribution in [0.25, 0.3) is 21.9 Å². The van der Waals surface area contributed by atoms with E-state index < -0.39 is 37.0 Å². The average molecular weight is 543 g/mol. The van der Waals surface area contributed by atoms with Crippen molar-refractivity contribution in [2.75, 3.05) is 11.9 Å². The number of phenols is 2. The number of aromatic nitrogens is 4. The van der Waals surface area contributed by atoms with E-state index in [1.54, 1.807) is 4.57 Å². The molecule has 3 heterocycles. The summed E-state index contributed by atoms with van der Waals surface area (Å²) in [4.78, 5) is 26.2. The van der Waals surface area contributed by atoms with E-state index in [0.29, 0.717) is 23.5 Å². The van der Waals surface area contributed by atoms with Crippen LogP contribution >= 0.6 is 0 Å². The van der Waals surface area contributed by atoms with E-state index in [2.05, 4.69) is 43.8 Å². The number of nitrogens with one attached hydrogen (secondary N) is 2. The van der Waals surface area contributed by atoms with Gasteiger partial charge in [0.1, 0.15) is 36.1 Å². The number of benzene rings is 3. The van der Waals surface area contributed by atoms with Gasteiger partial charge in [-0.05, 0) is 28.5 Å². The van der Waals surface area contributed by atoms with Crippen molar-refractivity contribution in [2.24, 2.45) is 0 Å². The number of carbonyl (C=O) groups excluding carboxylic acids is 1. The van der Waals surface area contributed by atoms with Crippen LogP contribution in [0.2, 0.25) is 0 Å². The van der Waals surface area contributed by atoms with Crippen LogP contribution in [-0.4, -0.2) is 70.7 Å². The summed E-state index contributed by atoms with van der Waals surface area (Å²) in [5, 5.41) is 48.5. The molecule has 1 aliphatic heterocycles. The monoisotopic (exact) mass is 542 g/mol. The number of phenolic OH excluding ortho intramolecular Hbond substituents is 2. The van der Waals surface area contributed by atoms with E-state index in [1.165, 1.54) is 24.8 Å². The molecule has 2 aromatic heterocycles. The molecule has 1 amide bonds.